The van der Waals surface area contributed by atoms with Gasteiger partial charge in [-0.1, -0.05) is 18.2 Å². The molecule has 2 rings (SSSR count). The third-order valence-electron chi connectivity index (χ3n) is 2.28. The van der Waals surface area contributed by atoms with Gasteiger partial charge in [-0.3, -0.25) is 0 Å². The first-order valence-electron chi connectivity index (χ1n) is 4.62. The van der Waals surface area contributed by atoms with E-state index in [9.17, 15) is 9.50 Å². The van der Waals surface area contributed by atoms with Gasteiger partial charge in [0.05, 0.1) is 6.10 Å². The van der Waals surface area contributed by atoms with Crippen molar-refractivity contribution in [2.24, 2.45) is 0 Å². The Morgan fingerprint density at radius 3 is 2.86 bits per heavy atom. The summed E-state index contributed by atoms with van der Waals surface area (Å²) in [6, 6.07) is 6.60. The predicted molar refractivity (Wildman–Crippen MR) is 53.3 cm³/mol. The molecule has 1 aromatic carbocycles. The predicted octanol–water partition coefficient (Wildman–Crippen LogP) is 1.17. The zero-order valence-corrected chi connectivity index (χ0v) is 7.70. The van der Waals surface area contributed by atoms with Crippen LogP contribution in [0.5, 0.6) is 0 Å². The summed E-state index contributed by atoms with van der Waals surface area (Å²) in [5.74, 6) is -0.241. The molecule has 2 N–H and O–H groups in total. The zero-order chi connectivity index (χ0) is 9.97. The molecule has 0 aromatic heterocycles. The molecular weight excluding hydrogens is 181 g/mol. The van der Waals surface area contributed by atoms with E-state index in [0.717, 1.165) is 5.57 Å². The molecule has 0 aliphatic carbocycles. The lowest BCUT2D eigenvalue weighted by Crippen LogP contribution is -2.31. The first-order valence-corrected chi connectivity index (χ1v) is 4.62. The van der Waals surface area contributed by atoms with Gasteiger partial charge in [-0.2, -0.15) is 0 Å². The van der Waals surface area contributed by atoms with Crippen molar-refractivity contribution in [1.29, 1.82) is 0 Å². The van der Waals surface area contributed by atoms with Gasteiger partial charge in [0, 0.05) is 18.7 Å². The van der Waals surface area contributed by atoms with Gasteiger partial charge in [0.15, 0.2) is 0 Å². The maximum atomic E-state index is 13.4. The summed E-state index contributed by atoms with van der Waals surface area (Å²) >= 11 is 0. The minimum atomic E-state index is -0.515. The largest absolute Gasteiger partial charge is 0.388 e. The molecule has 0 spiro atoms. The monoisotopic (exact) mass is 193 g/mol. The minimum Gasteiger partial charge on any atom is -0.388 e. The fourth-order valence-corrected chi connectivity index (χ4v) is 1.61. The van der Waals surface area contributed by atoms with E-state index >= 15 is 0 Å². The molecule has 3 heteroatoms. The van der Waals surface area contributed by atoms with Crippen LogP contribution in [0.1, 0.15) is 5.56 Å². The van der Waals surface area contributed by atoms with Gasteiger partial charge < -0.3 is 10.4 Å². The smallest absolute Gasteiger partial charge is 0.130 e. The molecule has 0 bridgehead atoms. The first kappa shape index (κ1) is 9.37. The molecule has 0 amide bonds. The number of benzene rings is 1. The number of halogens is 1. The number of hydrogen-bond acceptors (Lipinski definition) is 2. The summed E-state index contributed by atoms with van der Waals surface area (Å²) in [4.78, 5) is 0. The molecule has 0 radical (unpaired) electrons. The SMILES string of the molecule is OC1C=C(c2ccccc2F)CNC1. The van der Waals surface area contributed by atoms with E-state index in [1.54, 1.807) is 24.3 Å². The summed E-state index contributed by atoms with van der Waals surface area (Å²) in [5, 5.41) is 12.4. The summed E-state index contributed by atoms with van der Waals surface area (Å²) in [7, 11) is 0. The van der Waals surface area contributed by atoms with Crippen molar-refractivity contribution < 1.29 is 9.50 Å². The summed E-state index contributed by atoms with van der Waals surface area (Å²) in [6.45, 7) is 1.15. The van der Waals surface area contributed by atoms with Crippen LogP contribution in [0, 0.1) is 5.82 Å². The van der Waals surface area contributed by atoms with E-state index in [2.05, 4.69) is 5.32 Å². The van der Waals surface area contributed by atoms with Gasteiger partial charge in [-0.05, 0) is 17.7 Å². The van der Waals surface area contributed by atoms with E-state index in [1.807, 2.05) is 0 Å². The van der Waals surface area contributed by atoms with Gasteiger partial charge in [0.1, 0.15) is 5.82 Å². The second-order valence-corrected chi connectivity index (χ2v) is 3.37. The van der Waals surface area contributed by atoms with Gasteiger partial charge in [-0.25, -0.2) is 4.39 Å². The normalized spacial score (nSPS) is 21.9. The van der Waals surface area contributed by atoms with E-state index in [4.69, 9.17) is 0 Å². The zero-order valence-electron chi connectivity index (χ0n) is 7.70. The lowest BCUT2D eigenvalue weighted by molar-refractivity contribution is 0.217. The second-order valence-electron chi connectivity index (χ2n) is 3.37. The first-order chi connectivity index (χ1) is 6.77. The number of β-amino-alcohol motifs (C(OH)–C–C–N with tert-alkyl or cyclic N) is 1. The number of rotatable bonds is 1. The molecule has 14 heavy (non-hydrogen) atoms. The van der Waals surface area contributed by atoms with E-state index < -0.39 is 6.10 Å². The second kappa shape index (κ2) is 3.90. The Labute approximate surface area is 82.1 Å². The van der Waals surface area contributed by atoms with Gasteiger partial charge >= 0.3 is 0 Å². The van der Waals surface area contributed by atoms with Crippen molar-refractivity contribution in [1.82, 2.24) is 5.32 Å². The Balaban J connectivity index is 2.35. The molecule has 1 atom stereocenters. The number of aliphatic hydroxyl groups excluding tert-OH is 1. The quantitative estimate of drug-likeness (QED) is 0.701. The molecule has 1 unspecified atom stereocenters. The van der Waals surface area contributed by atoms with Crippen LogP contribution in [0.4, 0.5) is 4.39 Å². The third kappa shape index (κ3) is 1.84. The minimum absolute atomic E-state index is 0.241. The summed E-state index contributed by atoms with van der Waals surface area (Å²) < 4.78 is 13.4. The van der Waals surface area contributed by atoms with Crippen LogP contribution in [-0.4, -0.2) is 24.3 Å². The Kier molecular flexibility index (Phi) is 2.61. The molecule has 1 aliphatic rings. The molecule has 0 saturated carbocycles. The highest BCUT2D eigenvalue weighted by atomic mass is 19.1. The molecular formula is C11H12FNO. The average molecular weight is 193 g/mol. The van der Waals surface area contributed by atoms with E-state index in [-0.39, 0.29) is 5.82 Å². The lowest BCUT2D eigenvalue weighted by Gasteiger charge is -2.18. The number of nitrogens with one attached hydrogen (secondary N) is 1. The van der Waals surface area contributed by atoms with E-state index in [1.165, 1.54) is 6.07 Å². The summed E-state index contributed by atoms with van der Waals surface area (Å²) in [5.41, 5.74) is 1.39. The molecule has 2 nitrogen and oxygen atoms in total. The van der Waals surface area contributed by atoms with Crippen LogP contribution in [0.15, 0.2) is 30.3 Å². The Morgan fingerprint density at radius 2 is 2.14 bits per heavy atom. The molecule has 74 valence electrons. The maximum Gasteiger partial charge on any atom is 0.130 e. The van der Waals surface area contributed by atoms with Crippen molar-refractivity contribution in [2.75, 3.05) is 13.1 Å². The molecule has 1 aliphatic heterocycles. The third-order valence-corrected chi connectivity index (χ3v) is 2.28. The van der Waals surface area contributed by atoms with Crippen LogP contribution in [0.3, 0.4) is 0 Å². The standard InChI is InChI=1S/C11H12FNO/c12-11-4-2-1-3-10(11)8-5-9(14)7-13-6-8/h1-5,9,13-14H,6-7H2. The Morgan fingerprint density at radius 1 is 1.36 bits per heavy atom. The number of hydrogen-bond donors (Lipinski definition) is 2. The van der Waals surface area contributed by atoms with Crippen LogP contribution >= 0.6 is 0 Å². The van der Waals surface area contributed by atoms with Crippen molar-refractivity contribution in [3.8, 4) is 0 Å². The van der Waals surface area contributed by atoms with Crippen LogP contribution in [0.2, 0.25) is 0 Å². The van der Waals surface area contributed by atoms with Gasteiger partial charge in [0.25, 0.3) is 0 Å². The summed E-state index contributed by atoms with van der Waals surface area (Å²) in [6.07, 6.45) is 1.19. The van der Waals surface area contributed by atoms with Crippen LogP contribution in [0.25, 0.3) is 5.57 Å². The van der Waals surface area contributed by atoms with Crippen molar-refractivity contribution in [3.05, 3.63) is 41.7 Å². The average Bonchev–Trinajstić information content (AvgIpc) is 2.18. The van der Waals surface area contributed by atoms with Crippen molar-refractivity contribution in [3.63, 3.8) is 0 Å². The molecule has 1 heterocycles. The number of aliphatic hydroxyl groups is 1. The topological polar surface area (TPSA) is 32.3 Å². The Hall–Kier alpha value is -1.19. The van der Waals surface area contributed by atoms with Gasteiger partial charge in [0.2, 0.25) is 0 Å². The highest BCUT2D eigenvalue weighted by Crippen LogP contribution is 2.19. The highest BCUT2D eigenvalue weighted by molar-refractivity contribution is 5.68. The van der Waals surface area contributed by atoms with E-state index in [0.29, 0.717) is 18.7 Å². The highest BCUT2D eigenvalue weighted by Gasteiger charge is 2.13. The maximum absolute atomic E-state index is 13.4. The molecule has 0 saturated heterocycles. The van der Waals surface area contributed by atoms with Crippen molar-refractivity contribution in [2.45, 2.75) is 6.10 Å². The molecule has 0 fully saturated rings. The van der Waals surface area contributed by atoms with Crippen LogP contribution in [-0.2, 0) is 0 Å². The fraction of sp³-hybridized carbons (Fsp3) is 0.273. The van der Waals surface area contributed by atoms with Crippen LogP contribution < -0.4 is 5.32 Å². The lowest BCUT2D eigenvalue weighted by atomic mass is 10.0. The fourth-order valence-electron chi connectivity index (χ4n) is 1.61. The Bertz CT molecular complexity index is 362. The van der Waals surface area contributed by atoms with Crippen molar-refractivity contribution >= 4 is 5.57 Å². The molecule has 1 aromatic rings. The van der Waals surface area contributed by atoms with Gasteiger partial charge in [-0.15, -0.1) is 0 Å².